The average Bonchev–Trinajstić information content (AvgIpc) is 3.31. The van der Waals surface area contributed by atoms with Gasteiger partial charge in [0.15, 0.2) is 0 Å². The van der Waals surface area contributed by atoms with Crippen molar-refractivity contribution in [3.05, 3.63) is 65.4 Å². The van der Waals surface area contributed by atoms with Crippen molar-refractivity contribution >= 4 is 33.5 Å². The Hall–Kier alpha value is -3.41. The minimum absolute atomic E-state index is 0.00995. The van der Waals surface area contributed by atoms with Gasteiger partial charge >= 0.3 is 0 Å². The number of rotatable bonds is 2. The van der Waals surface area contributed by atoms with E-state index in [1.807, 2.05) is 43.3 Å². The van der Waals surface area contributed by atoms with E-state index in [0.29, 0.717) is 11.4 Å². The molecule has 2 aromatic heterocycles. The Balaban J connectivity index is 1.58. The molecule has 2 heterocycles. The van der Waals surface area contributed by atoms with Crippen LogP contribution in [0.15, 0.2) is 48.7 Å². The molecule has 6 heteroatoms. The van der Waals surface area contributed by atoms with Crippen LogP contribution in [0.4, 0.5) is 5.82 Å². The summed E-state index contributed by atoms with van der Waals surface area (Å²) in [5.74, 6) is 0.463. The number of nitrogens with zero attached hydrogens (tertiary/aromatic N) is 4. The molecule has 0 saturated carbocycles. The van der Waals surface area contributed by atoms with E-state index >= 15 is 0 Å². The van der Waals surface area contributed by atoms with Gasteiger partial charge in [-0.3, -0.25) is 9.48 Å². The largest absolute Gasteiger partial charge is 0.383 e. The summed E-state index contributed by atoms with van der Waals surface area (Å²) in [6.45, 7) is 0. The number of fused-ring (bicyclic) bond motifs is 4. The molecule has 1 amide bonds. The molecule has 0 unspecified atom stereocenters. The summed E-state index contributed by atoms with van der Waals surface area (Å²) in [5.41, 5.74) is 11.0. The monoisotopic (exact) mass is 371 g/mol. The maximum atomic E-state index is 13.3. The molecule has 140 valence electrons. The van der Waals surface area contributed by atoms with Crippen molar-refractivity contribution in [1.82, 2.24) is 19.7 Å². The van der Waals surface area contributed by atoms with E-state index in [-0.39, 0.29) is 11.9 Å². The molecule has 5 rings (SSSR count). The molecule has 1 aliphatic rings. The van der Waals surface area contributed by atoms with Crippen molar-refractivity contribution in [2.75, 3.05) is 12.8 Å². The number of amides is 1. The van der Waals surface area contributed by atoms with Gasteiger partial charge in [-0.25, -0.2) is 4.98 Å². The second-order valence-electron chi connectivity index (χ2n) is 7.43. The fourth-order valence-corrected chi connectivity index (χ4v) is 4.37. The first-order chi connectivity index (χ1) is 13.5. The van der Waals surface area contributed by atoms with Crippen molar-refractivity contribution in [1.29, 1.82) is 0 Å². The summed E-state index contributed by atoms with van der Waals surface area (Å²) in [6, 6.07) is 14.1. The lowest BCUT2D eigenvalue weighted by molar-refractivity contribution is 0.0731. The Labute approximate surface area is 162 Å². The van der Waals surface area contributed by atoms with Gasteiger partial charge in [0.1, 0.15) is 5.82 Å². The minimum atomic E-state index is 0.00995. The summed E-state index contributed by atoms with van der Waals surface area (Å²) in [5, 5.41) is 5.99. The number of pyridine rings is 1. The van der Waals surface area contributed by atoms with E-state index in [4.69, 9.17) is 5.73 Å². The number of anilines is 1. The number of carbonyl (C=O) groups is 1. The fraction of sp³-hybridized carbons (Fsp3) is 0.227. The molecule has 1 aliphatic carbocycles. The summed E-state index contributed by atoms with van der Waals surface area (Å²) >= 11 is 0. The van der Waals surface area contributed by atoms with Crippen LogP contribution in [0.25, 0.3) is 21.8 Å². The van der Waals surface area contributed by atoms with E-state index in [0.717, 1.165) is 34.6 Å². The van der Waals surface area contributed by atoms with Crippen LogP contribution >= 0.6 is 0 Å². The Kier molecular flexibility index (Phi) is 3.62. The van der Waals surface area contributed by atoms with Crippen LogP contribution in [0.2, 0.25) is 0 Å². The molecule has 1 atom stereocenters. The molecule has 0 fully saturated rings. The Morgan fingerprint density at radius 2 is 2.04 bits per heavy atom. The molecule has 0 aliphatic heterocycles. The lowest BCUT2D eigenvalue weighted by Crippen LogP contribution is -2.30. The first-order valence-corrected chi connectivity index (χ1v) is 9.40. The zero-order valence-corrected chi connectivity index (χ0v) is 15.9. The second-order valence-corrected chi connectivity index (χ2v) is 7.43. The molecule has 6 nitrogen and oxygen atoms in total. The Morgan fingerprint density at radius 3 is 2.89 bits per heavy atom. The third kappa shape index (κ3) is 2.37. The van der Waals surface area contributed by atoms with Crippen molar-refractivity contribution in [3.63, 3.8) is 0 Å². The van der Waals surface area contributed by atoms with Crippen LogP contribution in [0.3, 0.4) is 0 Å². The quantitative estimate of drug-likeness (QED) is 0.585. The average molecular weight is 371 g/mol. The maximum absolute atomic E-state index is 13.3. The van der Waals surface area contributed by atoms with Gasteiger partial charge in [-0.2, -0.15) is 5.10 Å². The first-order valence-electron chi connectivity index (χ1n) is 9.40. The standard InChI is InChI=1S/C22H21N5O/c1-26(19-10-8-13-5-3-4-6-15(13)19)22(28)14-7-9-18-16(11-14)20-17(21(23)25-18)12-24-27(20)2/h3-7,9,11-12,19H,8,10H2,1-2H3,(H2,23,25)/t19-/m1/s1. The normalized spacial score (nSPS) is 15.9. The minimum Gasteiger partial charge on any atom is -0.383 e. The van der Waals surface area contributed by atoms with Gasteiger partial charge in [0, 0.05) is 25.0 Å². The number of nitrogen functional groups attached to an aromatic ring is 1. The van der Waals surface area contributed by atoms with E-state index in [1.165, 1.54) is 11.1 Å². The van der Waals surface area contributed by atoms with Gasteiger partial charge in [0.2, 0.25) is 0 Å². The van der Waals surface area contributed by atoms with Gasteiger partial charge in [-0.1, -0.05) is 24.3 Å². The fourth-order valence-electron chi connectivity index (χ4n) is 4.37. The van der Waals surface area contributed by atoms with E-state index in [2.05, 4.69) is 28.3 Å². The third-order valence-corrected chi connectivity index (χ3v) is 5.84. The lowest BCUT2D eigenvalue weighted by Gasteiger charge is -2.25. The molecule has 0 radical (unpaired) electrons. The predicted molar refractivity (Wildman–Crippen MR) is 110 cm³/mol. The van der Waals surface area contributed by atoms with Gasteiger partial charge in [-0.15, -0.1) is 0 Å². The summed E-state index contributed by atoms with van der Waals surface area (Å²) in [4.78, 5) is 19.6. The number of aromatic nitrogens is 3. The summed E-state index contributed by atoms with van der Waals surface area (Å²) < 4.78 is 1.78. The highest BCUT2D eigenvalue weighted by Crippen LogP contribution is 2.36. The molecule has 28 heavy (non-hydrogen) atoms. The number of hydrogen-bond donors (Lipinski definition) is 1. The number of carbonyl (C=O) groups excluding carboxylic acids is 1. The van der Waals surface area contributed by atoms with Crippen LogP contribution in [0.1, 0.15) is 33.9 Å². The summed E-state index contributed by atoms with van der Waals surface area (Å²) in [7, 11) is 3.76. The first kappa shape index (κ1) is 16.7. The molecule has 0 saturated heterocycles. The number of benzene rings is 2. The van der Waals surface area contributed by atoms with Gasteiger partial charge in [0.25, 0.3) is 5.91 Å². The van der Waals surface area contributed by atoms with E-state index in [1.54, 1.807) is 10.9 Å². The van der Waals surface area contributed by atoms with Crippen molar-refractivity contribution < 1.29 is 4.79 Å². The van der Waals surface area contributed by atoms with Crippen LogP contribution in [-0.4, -0.2) is 32.6 Å². The number of aryl methyl sites for hydroxylation is 2. The van der Waals surface area contributed by atoms with Crippen LogP contribution in [-0.2, 0) is 13.5 Å². The smallest absolute Gasteiger partial charge is 0.254 e. The predicted octanol–water partition coefficient (Wildman–Crippen LogP) is 3.46. The molecule has 2 aromatic carbocycles. The van der Waals surface area contributed by atoms with Gasteiger partial charge < -0.3 is 10.6 Å². The van der Waals surface area contributed by atoms with Gasteiger partial charge in [-0.05, 0) is 42.2 Å². The second kappa shape index (κ2) is 6.05. The van der Waals surface area contributed by atoms with Crippen molar-refractivity contribution in [2.45, 2.75) is 18.9 Å². The molecule has 2 N–H and O–H groups in total. The number of nitrogens with two attached hydrogens (primary N) is 1. The Morgan fingerprint density at radius 1 is 1.21 bits per heavy atom. The molecule has 0 spiro atoms. The highest BCUT2D eigenvalue weighted by molar-refractivity contribution is 6.10. The van der Waals surface area contributed by atoms with Crippen LogP contribution in [0.5, 0.6) is 0 Å². The lowest BCUT2D eigenvalue weighted by atomic mass is 10.0. The maximum Gasteiger partial charge on any atom is 0.254 e. The van der Waals surface area contributed by atoms with Crippen LogP contribution < -0.4 is 5.73 Å². The van der Waals surface area contributed by atoms with Crippen molar-refractivity contribution in [2.24, 2.45) is 7.05 Å². The van der Waals surface area contributed by atoms with E-state index < -0.39 is 0 Å². The van der Waals surface area contributed by atoms with Crippen LogP contribution in [0, 0.1) is 0 Å². The SMILES string of the molecule is CN(C(=O)c1ccc2nc(N)c3cnn(C)c3c2c1)[C@@H]1CCc2ccccc21. The third-order valence-electron chi connectivity index (χ3n) is 5.84. The molecule has 0 bridgehead atoms. The highest BCUT2D eigenvalue weighted by atomic mass is 16.2. The number of hydrogen-bond acceptors (Lipinski definition) is 4. The molecule has 4 aromatic rings. The van der Waals surface area contributed by atoms with Gasteiger partial charge in [0.05, 0.1) is 28.7 Å². The molecular weight excluding hydrogens is 350 g/mol. The zero-order chi connectivity index (χ0) is 19.4. The topological polar surface area (TPSA) is 77.0 Å². The summed E-state index contributed by atoms with van der Waals surface area (Å²) in [6.07, 6.45) is 3.68. The zero-order valence-electron chi connectivity index (χ0n) is 15.9. The van der Waals surface area contributed by atoms with E-state index in [9.17, 15) is 4.79 Å². The highest BCUT2D eigenvalue weighted by Gasteiger charge is 2.29. The Bertz CT molecular complexity index is 1240. The van der Waals surface area contributed by atoms with Crippen molar-refractivity contribution in [3.8, 4) is 0 Å². The molecular formula is C22H21N5O.